The summed E-state index contributed by atoms with van der Waals surface area (Å²) < 4.78 is 5.37. The van der Waals surface area contributed by atoms with E-state index >= 15 is 0 Å². The van der Waals surface area contributed by atoms with Crippen LogP contribution in [0.5, 0.6) is 0 Å². The van der Waals surface area contributed by atoms with Gasteiger partial charge in [-0.1, -0.05) is 27.7 Å². The van der Waals surface area contributed by atoms with E-state index in [0.29, 0.717) is 18.9 Å². The maximum absolute atomic E-state index is 11.6. The third-order valence-corrected chi connectivity index (χ3v) is 2.80. The largest absolute Gasteiger partial charge is 0.462 e. The summed E-state index contributed by atoms with van der Waals surface area (Å²) in [6.07, 6.45) is 3.31. The van der Waals surface area contributed by atoms with Crippen LogP contribution in [0.25, 0.3) is 0 Å². The van der Waals surface area contributed by atoms with Crippen LogP contribution in [0.15, 0.2) is 0 Å². The Kier molecular flexibility index (Phi) is 8.26. The number of nitrogens with two attached hydrogens (primary N) is 1. The molecule has 0 aromatic carbocycles. The minimum Gasteiger partial charge on any atom is -0.462 e. The van der Waals surface area contributed by atoms with Gasteiger partial charge >= 0.3 is 5.97 Å². The van der Waals surface area contributed by atoms with Crippen LogP contribution in [0.1, 0.15) is 53.4 Å². The molecule has 0 amide bonds. The Bertz CT molecular complexity index is 188. The van der Waals surface area contributed by atoms with E-state index in [1.807, 2.05) is 13.8 Å². The number of hydrogen-bond acceptors (Lipinski definition) is 3. The maximum atomic E-state index is 11.6. The Hall–Kier alpha value is -0.570. The highest BCUT2D eigenvalue weighted by molar-refractivity contribution is 5.69. The van der Waals surface area contributed by atoms with Gasteiger partial charge in [-0.2, -0.15) is 0 Å². The lowest BCUT2D eigenvalue weighted by Crippen LogP contribution is -2.24. The van der Waals surface area contributed by atoms with Gasteiger partial charge < -0.3 is 10.5 Å². The molecule has 0 saturated carbocycles. The summed E-state index contributed by atoms with van der Waals surface area (Å²) in [6.45, 7) is 8.94. The zero-order valence-corrected chi connectivity index (χ0v) is 11.2. The molecule has 1 atom stereocenters. The second-order valence-corrected chi connectivity index (χ2v) is 4.86. The van der Waals surface area contributed by atoms with E-state index in [0.717, 1.165) is 19.3 Å². The standard InChI is InChI=1S/C13H27NO2/c1-5-12(6-2)16-13(15)8-11(9-14)7-10(3)4/h10-12H,5-9,14H2,1-4H3/t11-/m0/s1. The predicted octanol–water partition coefficient (Wildman–Crippen LogP) is 2.73. The topological polar surface area (TPSA) is 52.3 Å². The van der Waals surface area contributed by atoms with Crippen molar-refractivity contribution in [3.8, 4) is 0 Å². The van der Waals surface area contributed by atoms with E-state index < -0.39 is 0 Å². The third-order valence-electron chi connectivity index (χ3n) is 2.80. The Balaban J connectivity index is 3.99. The number of hydrogen-bond donors (Lipinski definition) is 1. The molecule has 0 aromatic rings. The SMILES string of the molecule is CCC(CC)OC(=O)C[C@@H](CN)CC(C)C. The molecule has 0 aliphatic rings. The smallest absolute Gasteiger partial charge is 0.306 e. The molecule has 0 aliphatic heterocycles. The molecule has 0 radical (unpaired) electrons. The van der Waals surface area contributed by atoms with Gasteiger partial charge in [0, 0.05) is 6.42 Å². The van der Waals surface area contributed by atoms with Gasteiger partial charge in [-0.15, -0.1) is 0 Å². The molecule has 0 aliphatic carbocycles. The highest BCUT2D eigenvalue weighted by Gasteiger charge is 2.17. The summed E-state index contributed by atoms with van der Waals surface area (Å²) in [5.41, 5.74) is 5.66. The molecule has 2 N–H and O–H groups in total. The van der Waals surface area contributed by atoms with Crippen molar-refractivity contribution in [2.45, 2.75) is 59.5 Å². The van der Waals surface area contributed by atoms with E-state index in [1.54, 1.807) is 0 Å². The molecule has 0 spiro atoms. The lowest BCUT2D eigenvalue weighted by atomic mass is 9.94. The molecule has 0 heterocycles. The molecule has 3 nitrogen and oxygen atoms in total. The second kappa shape index (κ2) is 8.57. The first-order valence-corrected chi connectivity index (χ1v) is 6.42. The minimum atomic E-state index is -0.0928. The third kappa shape index (κ3) is 6.83. The molecule has 0 fully saturated rings. The van der Waals surface area contributed by atoms with Crippen LogP contribution in [0, 0.1) is 11.8 Å². The van der Waals surface area contributed by atoms with Crippen molar-refractivity contribution in [2.24, 2.45) is 17.6 Å². The fraction of sp³-hybridized carbons (Fsp3) is 0.923. The van der Waals surface area contributed by atoms with Crippen molar-refractivity contribution in [3.05, 3.63) is 0 Å². The molecule has 0 unspecified atom stereocenters. The van der Waals surface area contributed by atoms with Gasteiger partial charge in [-0.25, -0.2) is 0 Å². The molecule has 0 aromatic heterocycles. The average molecular weight is 229 g/mol. The highest BCUT2D eigenvalue weighted by atomic mass is 16.5. The molecule has 3 heteroatoms. The summed E-state index contributed by atoms with van der Waals surface area (Å²) in [6, 6.07) is 0. The van der Waals surface area contributed by atoms with Crippen molar-refractivity contribution in [3.63, 3.8) is 0 Å². The Labute approximate surface area is 99.7 Å². The van der Waals surface area contributed by atoms with Crippen LogP contribution in [0.4, 0.5) is 0 Å². The normalized spacial score (nSPS) is 13.2. The lowest BCUT2D eigenvalue weighted by Gasteiger charge is -2.19. The molecular weight excluding hydrogens is 202 g/mol. The molecule has 0 bridgehead atoms. The molecule has 0 rings (SSSR count). The quantitative estimate of drug-likeness (QED) is 0.651. The molecular formula is C13H27NO2. The summed E-state index contributed by atoms with van der Waals surface area (Å²) in [5.74, 6) is 0.751. The fourth-order valence-electron chi connectivity index (χ4n) is 1.85. The number of rotatable bonds is 8. The molecule has 16 heavy (non-hydrogen) atoms. The van der Waals surface area contributed by atoms with Crippen LogP contribution < -0.4 is 5.73 Å². The molecule has 0 saturated heterocycles. The van der Waals surface area contributed by atoms with Gasteiger partial charge in [0.1, 0.15) is 6.10 Å². The van der Waals surface area contributed by atoms with Gasteiger partial charge in [0.2, 0.25) is 0 Å². The van der Waals surface area contributed by atoms with Crippen molar-refractivity contribution in [1.82, 2.24) is 0 Å². The lowest BCUT2D eigenvalue weighted by molar-refractivity contribution is -0.150. The average Bonchev–Trinajstić information content (AvgIpc) is 2.24. The zero-order chi connectivity index (χ0) is 12.6. The van der Waals surface area contributed by atoms with E-state index in [-0.39, 0.29) is 18.0 Å². The van der Waals surface area contributed by atoms with E-state index in [1.165, 1.54) is 0 Å². The highest BCUT2D eigenvalue weighted by Crippen LogP contribution is 2.16. The zero-order valence-electron chi connectivity index (χ0n) is 11.2. The van der Waals surface area contributed by atoms with Crippen LogP contribution in [0.2, 0.25) is 0 Å². The summed E-state index contributed by atoms with van der Waals surface area (Å²) >= 11 is 0. The first-order chi connectivity index (χ1) is 7.53. The Morgan fingerprint density at radius 3 is 2.19 bits per heavy atom. The van der Waals surface area contributed by atoms with Crippen molar-refractivity contribution >= 4 is 5.97 Å². The minimum absolute atomic E-state index is 0.0741. The van der Waals surface area contributed by atoms with Gasteiger partial charge in [0.25, 0.3) is 0 Å². The fourth-order valence-corrected chi connectivity index (χ4v) is 1.85. The van der Waals surface area contributed by atoms with Crippen molar-refractivity contribution < 1.29 is 9.53 Å². The summed E-state index contributed by atoms with van der Waals surface area (Å²) in [7, 11) is 0. The Morgan fingerprint density at radius 1 is 1.25 bits per heavy atom. The first-order valence-electron chi connectivity index (χ1n) is 6.42. The van der Waals surface area contributed by atoms with Gasteiger partial charge in [-0.3, -0.25) is 4.79 Å². The van der Waals surface area contributed by atoms with Crippen LogP contribution in [0.3, 0.4) is 0 Å². The van der Waals surface area contributed by atoms with Gasteiger partial charge in [0.15, 0.2) is 0 Å². The molecule has 96 valence electrons. The van der Waals surface area contributed by atoms with E-state index in [4.69, 9.17) is 10.5 Å². The van der Waals surface area contributed by atoms with Crippen LogP contribution >= 0.6 is 0 Å². The van der Waals surface area contributed by atoms with Gasteiger partial charge in [0.05, 0.1) is 0 Å². The first kappa shape index (κ1) is 15.4. The van der Waals surface area contributed by atoms with Crippen LogP contribution in [-0.4, -0.2) is 18.6 Å². The number of esters is 1. The predicted molar refractivity (Wildman–Crippen MR) is 67.1 cm³/mol. The van der Waals surface area contributed by atoms with Gasteiger partial charge in [-0.05, 0) is 37.6 Å². The number of carbonyl (C=O) groups is 1. The number of carbonyl (C=O) groups excluding carboxylic acids is 1. The maximum Gasteiger partial charge on any atom is 0.306 e. The summed E-state index contributed by atoms with van der Waals surface area (Å²) in [4.78, 5) is 11.6. The Morgan fingerprint density at radius 2 is 1.81 bits per heavy atom. The van der Waals surface area contributed by atoms with E-state index in [9.17, 15) is 4.79 Å². The van der Waals surface area contributed by atoms with Crippen molar-refractivity contribution in [1.29, 1.82) is 0 Å². The summed E-state index contributed by atoms with van der Waals surface area (Å²) in [5, 5.41) is 0. The number of ether oxygens (including phenoxy) is 1. The second-order valence-electron chi connectivity index (χ2n) is 4.86. The monoisotopic (exact) mass is 229 g/mol. The van der Waals surface area contributed by atoms with E-state index in [2.05, 4.69) is 13.8 Å². The van der Waals surface area contributed by atoms with Crippen LogP contribution in [-0.2, 0) is 9.53 Å². The van der Waals surface area contributed by atoms with Crippen molar-refractivity contribution in [2.75, 3.05) is 6.54 Å².